The van der Waals surface area contributed by atoms with E-state index in [0.717, 1.165) is 12.0 Å². The van der Waals surface area contributed by atoms with Gasteiger partial charge in [-0.25, -0.2) is 4.39 Å². The molecule has 2 aromatic carbocycles. The van der Waals surface area contributed by atoms with Crippen molar-refractivity contribution < 1.29 is 9.18 Å². The molecule has 1 amide bonds. The second-order valence-electron chi connectivity index (χ2n) is 6.55. The van der Waals surface area contributed by atoms with Crippen molar-refractivity contribution in [2.45, 2.75) is 31.1 Å². The zero-order chi connectivity index (χ0) is 21.5. The van der Waals surface area contributed by atoms with E-state index in [1.807, 2.05) is 31.2 Å². The molecule has 0 saturated heterocycles. The van der Waals surface area contributed by atoms with Crippen molar-refractivity contribution in [3.05, 3.63) is 77.6 Å². The summed E-state index contributed by atoms with van der Waals surface area (Å²) in [5.74, 6) is 0.0700. The van der Waals surface area contributed by atoms with E-state index in [1.165, 1.54) is 17.8 Å². The molecule has 156 valence electrons. The van der Waals surface area contributed by atoms with Crippen molar-refractivity contribution in [1.82, 2.24) is 20.1 Å². The number of hydrogen-bond donors (Lipinski definition) is 1. The lowest BCUT2D eigenvalue weighted by Gasteiger charge is -2.17. The van der Waals surface area contributed by atoms with Gasteiger partial charge in [-0.15, -0.1) is 16.8 Å². The molecular weight excluding hydrogens is 423 g/mol. The van der Waals surface area contributed by atoms with Crippen LogP contribution in [0, 0.1) is 5.82 Å². The van der Waals surface area contributed by atoms with Crippen LogP contribution in [0.15, 0.2) is 66.3 Å². The van der Waals surface area contributed by atoms with E-state index in [1.54, 1.807) is 28.8 Å². The lowest BCUT2D eigenvalue weighted by Crippen LogP contribution is -2.29. The molecule has 0 fully saturated rings. The number of nitrogens with one attached hydrogen (secondary N) is 1. The number of hydrogen-bond acceptors (Lipinski definition) is 4. The third kappa shape index (κ3) is 5.29. The number of thioether (sulfide) groups is 1. The van der Waals surface area contributed by atoms with Crippen LogP contribution in [-0.4, -0.2) is 26.4 Å². The highest BCUT2D eigenvalue weighted by molar-refractivity contribution is 7.99. The number of halogens is 2. The average Bonchev–Trinajstić information content (AvgIpc) is 3.14. The number of aromatic nitrogens is 3. The standard InChI is InChI=1S/C22H22ClFN4OS/c1-3-13-28-21(17-7-5-6-8-18(17)24)26-27-22(28)30-14-20(29)25-19(4-2)15-9-11-16(23)12-10-15/h3,5-12,19H,1,4,13-14H2,2H3,(H,25,29). The third-order valence-electron chi connectivity index (χ3n) is 4.49. The zero-order valence-electron chi connectivity index (χ0n) is 16.5. The summed E-state index contributed by atoms with van der Waals surface area (Å²) in [6.45, 7) is 6.16. The Morgan fingerprint density at radius 1 is 1.27 bits per heavy atom. The highest BCUT2D eigenvalue weighted by Gasteiger charge is 2.18. The van der Waals surface area contributed by atoms with Crippen molar-refractivity contribution in [1.29, 1.82) is 0 Å². The van der Waals surface area contributed by atoms with Gasteiger partial charge in [0.05, 0.1) is 17.4 Å². The Labute approximate surface area is 184 Å². The Kier molecular flexibility index (Phi) is 7.65. The maximum atomic E-state index is 14.2. The summed E-state index contributed by atoms with van der Waals surface area (Å²) in [5, 5.41) is 12.5. The molecule has 1 aromatic heterocycles. The number of benzene rings is 2. The maximum Gasteiger partial charge on any atom is 0.230 e. The first-order valence-electron chi connectivity index (χ1n) is 9.50. The molecule has 1 unspecified atom stereocenters. The molecule has 1 heterocycles. The number of carbonyl (C=O) groups excluding carboxylic acids is 1. The Morgan fingerprint density at radius 2 is 2.00 bits per heavy atom. The second kappa shape index (κ2) is 10.4. The van der Waals surface area contributed by atoms with Crippen molar-refractivity contribution in [2.75, 3.05) is 5.75 Å². The van der Waals surface area contributed by atoms with E-state index in [9.17, 15) is 9.18 Å². The molecule has 30 heavy (non-hydrogen) atoms. The smallest absolute Gasteiger partial charge is 0.230 e. The van der Waals surface area contributed by atoms with Crippen LogP contribution in [-0.2, 0) is 11.3 Å². The number of carbonyl (C=O) groups is 1. The van der Waals surface area contributed by atoms with Gasteiger partial charge in [-0.2, -0.15) is 0 Å². The van der Waals surface area contributed by atoms with Gasteiger partial charge in [0, 0.05) is 11.6 Å². The van der Waals surface area contributed by atoms with Gasteiger partial charge < -0.3 is 5.32 Å². The van der Waals surface area contributed by atoms with Gasteiger partial charge in [0.2, 0.25) is 5.91 Å². The van der Waals surface area contributed by atoms with Crippen LogP contribution < -0.4 is 5.32 Å². The highest BCUT2D eigenvalue weighted by Crippen LogP contribution is 2.26. The topological polar surface area (TPSA) is 59.8 Å². The third-order valence-corrected chi connectivity index (χ3v) is 5.71. The predicted octanol–water partition coefficient (Wildman–Crippen LogP) is 5.28. The Morgan fingerprint density at radius 3 is 2.67 bits per heavy atom. The molecule has 0 radical (unpaired) electrons. The summed E-state index contributed by atoms with van der Waals surface area (Å²) in [7, 11) is 0. The minimum absolute atomic E-state index is 0.101. The lowest BCUT2D eigenvalue weighted by atomic mass is 10.0. The molecule has 0 saturated carbocycles. The first-order chi connectivity index (χ1) is 14.5. The van der Waals surface area contributed by atoms with Gasteiger partial charge in [0.15, 0.2) is 11.0 Å². The number of allylic oxidation sites excluding steroid dienone is 1. The van der Waals surface area contributed by atoms with E-state index in [2.05, 4.69) is 22.1 Å². The number of nitrogens with zero attached hydrogens (tertiary/aromatic N) is 3. The fourth-order valence-electron chi connectivity index (χ4n) is 3.01. The van der Waals surface area contributed by atoms with Crippen LogP contribution in [0.4, 0.5) is 4.39 Å². The van der Waals surface area contributed by atoms with Gasteiger partial charge in [-0.1, -0.05) is 60.6 Å². The van der Waals surface area contributed by atoms with Crippen molar-refractivity contribution in [3.63, 3.8) is 0 Å². The summed E-state index contributed by atoms with van der Waals surface area (Å²) in [6.07, 6.45) is 2.44. The molecule has 0 spiro atoms. The van der Waals surface area contributed by atoms with Crippen LogP contribution in [0.5, 0.6) is 0 Å². The quantitative estimate of drug-likeness (QED) is 0.360. The normalized spacial score (nSPS) is 11.8. The van der Waals surface area contributed by atoms with Crippen LogP contribution >= 0.6 is 23.4 Å². The molecule has 1 N–H and O–H groups in total. The van der Waals surface area contributed by atoms with Gasteiger partial charge in [-0.05, 0) is 36.2 Å². The van der Waals surface area contributed by atoms with E-state index < -0.39 is 0 Å². The van der Waals surface area contributed by atoms with Gasteiger partial charge in [-0.3, -0.25) is 9.36 Å². The number of rotatable bonds is 9. The molecule has 0 aliphatic heterocycles. The molecule has 5 nitrogen and oxygen atoms in total. The van der Waals surface area contributed by atoms with Gasteiger partial charge in [0.1, 0.15) is 5.82 Å². The van der Waals surface area contributed by atoms with Crippen LogP contribution in [0.3, 0.4) is 0 Å². The molecular formula is C22H22ClFN4OS. The first-order valence-corrected chi connectivity index (χ1v) is 10.9. The predicted molar refractivity (Wildman–Crippen MR) is 119 cm³/mol. The Bertz CT molecular complexity index is 1020. The SMILES string of the molecule is C=CCn1c(SCC(=O)NC(CC)c2ccc(Cl)cc2)nnc1-c1ccccc1F. The molecule has 8 heteroatoms. The largest absolute Gasteiger partial charge is 0.349 e. The summed E-state index contributed by atoms with van der Waals surface area (Å²) >= 11 is 7.20. The maximum absolute atomic E-state index is 14.2. The minimum Gasteiger partial charge on any atom is -0.349 e. The van der Waals surface area contributed by atoms with Crippen LogP contribution in [0.25, 0.3) is 11.4 Å². The fraction of sp³-hybridized carbons (Fsp3) is 0.227. The lowest BCUT2D eigenvalue weighted by molar-refractivity contribution is -0.119. The zero-order valence-corrected chi connectivity index (χ0v) is 18.1. The van der Waals surface area contributed by atoms with Crippen LogP contribution in [0.2, 0.25) is 5.02 Å². The van der Waals surface area contributed by atoms with E-state index in [-0.39, 0.29) is 23.5 Å². The summed E-state index contributed by atoms with van der Waals surface area (Å²) in [5.41, 5.74) is 1.36. The van der Waals surface area contributed by atoms with Crippen molar-refractivity contribution in [3.8, 4) is 11.4 Å². The molecule has 1 atom stereocenters. The molecule has 0 aliphatic rings. The van der Waals surface area contributed by atoms with Crippen LogP contribution in [0.1, 0.15) is 24.9 Å². The molecule has 0 aliphatic carbocycles. The van der Waals surface area contributed by atoms with Gasteiger partial charge >= 0.3 is 0 Å². The fourth-order valence-corrected chi connectivity index (χ4v) is 3.90. The summed E-state index contributed by atoms with van der Waals surface area (Å²) < 4.78 is 16.0. The molecule has 3 rings (SSSR count). The molecule has 0 bridgehead atoms. The van der Waals surface area contributed by atoms with Gasteiger partial charge in [0.25, 0.3) is 0 Å². The molecule has 3 aromatic rings. The summed E-state index contributed by atoms with van der Waals surface area (Å²) in [4.78, 5) is 12.5. The Balaban J connectivity index is 1.70. The summed E-state index contributed by atoms with van der Waals surface area (Å²) in [6, 6.07) is 13.7. The monoisotopic (exact) mass is 444 g/mol. The Hall–Kier alpha value is -2.64. The van der Waals surface area contributed by atoms with E-state index in [4.69, 9.17) is 11.6 Å². The van der Waals surface area contributed by atoms with Crippen molar-refractivity contribution in [2.24, 2.45) is 0 Å². The minimum atomic E-state index is -0.377. The van der Waals surface area contributed by atoms with Crippen molar-refractivity contribution >= 4 is 29.3 Å². The first kappa shape index (κ1) is 22.1. The second-order valence-corrected chi connectivity index (χ2v) is 7.93. The average molecular weight is 445 g/mol. The highest BCUT2D eigenvalue weighted by atomic mass is 35.5. The van der Waals surface area contributed by atoms with E-state index in [0.29, 0.717) is 28.1 Å². The van der Waals surface area contributed by atoms with E-state index >= 15 is 0 Å². The number of amides is 1.